The van der Waals surface area contributed by atoms with Gasteiger partial charge in [-0.3, -0.25) is 4.79 Å². The van der Waals surface area contributed by atoms with Crippen LogP contribution in [0.1, 0.15) is 17.9 Å². The van der Waals surface area contributed by atoms with E-state index < -0.39 is 0 Å². The minimum atomic E-state index is -0.318. The van der Waals surface area contributed by atoms with Crippen LogP contribution in [0.3, 0.4) is 0 Å². The Hall–Kier alpha value is -1.82. The second kappa shape index (κ2) is 7.06. The lowest BCUT2D eigenvalue weighted by Gasteiger charge is -2.12. The summed E-state index contributed by atoms with van der Waals surface area (Å²) < 4.78 is 1.61. The van der Waals surface area contributed by atoms with E-state index in [1.807, 2.05) is 18.2 Å². The lowest BCUT2D eigenvalue weighted by Crippen LogP contribution is -2.24. The van der Waals surface area contributed by atoms with E-state index in [0.717, 1.165) is 6.42 Å². The van der Waals surface area contributed by atoms with Gasteiger partial charge in [-0.15, -0.1) is 0 Å². The molecule has 4 rings (SSSR count). The number of rotatable bonds is 4. The average Bonchev–Trinajstić information content (AvgIpc) is 3.41. The molecule has 0 amide bonds. The van der Waals surface area contributed by atoms with Gasteiger partial charge in [0.25, 0.3) is 5.56 Å². The highest BCUT2D eigenvalue weighted by atomic mass is 79.9. The first-order valence-electron chi connectivity index (χ1n) is 8.10. The van der Waals surface area contributed by atoms with Crippen LogP contribution >= 0.6 is 39.1 Å². The van der Waals surface area contributed by atoms with Crippen molar-refractivity contribution >= 4 is 44.8 Å². The van der Waals surface area contributed by atoms with Crippen LogP contribution in [0.2, 0.25) is 10.0 Å². The number of halogens is 3. The molecule has 132 valence electrons. The van der Waals surface area contributed by atoms with Crippen LogP contribution in [0.25, 0.3) is 5.69 Å². The van der Waals surface area contributed by atoms with Crippen molar-refractivity contribution in [2.75, 3.05) is 5.32 Å². The predicted molar refractivity (Wildman–Crippen MR) is 109 cm³/mol. The number of hydrogen-bond acceptors (Lipinski definition) is 3. The Bertz CT molecular complexity index is 1000. The minimum absolute atomic E-state index is 0.287. The maximum absolute atomic E-state index is 12.7. The fourth-order valence-electron chi connectivity index (χ4n) is 3.01. The molecule has 4 nitrogen and oxygen atoms in total. The van der Waals surface area contributed by atoms with Gasteiger partial charge >= 0.3 is 0 Å². The lowest BCUT2D eigenvalue weighted by atomic mass is 10.1. The summed E-state index contributed by atoms with van der Waals surface area (Å²) in [5.74, 6) is 0.448. The summed E-state index contributed by atoms with van der Waals surface area (Å²) in [4.78, 5) is 12.7. The quantitative estimate of drug-likeness (QED) is 0.588. The monoisotopic (exact) mass is 449 g/mol. The van der Waals surface area contributed by atoms with E-state index >= 15 is 0 Å². The molecule has 2 atom stereocenters. The van der Waals surface area contributed by atoms with Crippen LogP contribution < -0.4 is 10.9 Å². The van der Waals surface area contributed by atoms with Crippen LogP contribution in [0.5, 0.6) is 0 Å². The normalized spacial score (nSPS) is 18.6. The van der Waals surface area contributed by atoms with Crippen molar-refractivity contribution in [3.8, 4) is 5.69 Å². The zero-order valence-electron chi connectivity index (χ0n) is 13.5. The van der Waals surface area contributed by atoms with E-state index in [1.165, 1.54) is 10.2 Å². The number of benzene rings is 2. The summed E-state index contributed by atoms with van der Waals surface area (Å²) in [6, 6.07) is 15.7. The highest BCUT2D eigenvalue weighted by Crippen LogP contribution is 2.43. The summed E-state index contributed by atoms with van der Waals surface area (Å²) in [6.07, 6.45) is 2.64. The molecule has 0 saturated heterocycles. The van der Waals surface area contributed by atoms with E-state index in [4.69, 9.17) is 23.2 Å². The second-order valence-electron chi connectivity index (χ2n) is 6.16. The molecule has 0 spiro atoms. The maximum atomic E-state index is 12.7. The van der Waals surface area contributed by atoms with Crippen molar-refractivity contribution < 1.29 is 0 Å². The summed E-state index contributed by atoms with van der Waals surface area (Å²) in [6.45, 7) is 0. The zero-order chi connectivity index (χ0) is 18.3. The third-order valence-electron chi connectivity index (χ3n) is 4.43. The van der Waals surface area contributed by atoms with Crippen molar-refractivity contribution in [3.63, 3.8) is 0 Å². The first-order valence-corrected chi connectivity index (χ1v) is 9.65. The molecule has 1 N–H and O–H groups in total. The Morgan fingerprint density at radius 3 is 2.46 bits per heavy atom. The van der Waals surface area contributed by atoms with Gasteiger partial charge in [-0.1, -0.05) is 59.6 Å². The number of hydrogen-bond donors (Lipinski definition) is 1. The van der Waals surface area contributed by atoms with Gasteiger partial charge in [-0.25, -0.2) is 0 Å². The van der Waals surface area contributed by atoms with E-state index in [1.54, 1.807) is 24.4 Å². The van der Waals surface area contributed by atoms with Gasteiger partial charge in [0.1, 0.15) is 10.2 Å². The maximum Gasteiger partial charge on any atom is 0.288 e. The zero-order valence-corrected chi connectivity index (χ0v) is 16.6. The van der Waals surface area contributed by atoms with E-state index in [9.17, 15) is 4.79 Å². The Balaban J connectivity index is 1.61. The van der Waals surface area contributed by atoms with Crippen LogP contribution in [-0.4, -0.2) is 15.8 Å². The van der Waals surface area contributed by atoms with Gasteiger partial charge in [-0.05, 0) is 40.0 Å². The smallest absolute Gasteiger partial charge is 0.288 e. The fraction of sp³-hybridized carbons (Fsp3) is 0.158. The molecule has 0 unspecified atom stereocenters. The van der Waals surface area contributed by atoms with E-state index in [-0.39, 0.29) is 11.6 Å². The summed E-state index contributed by atoms with van der Waals surface area (Å²) in [5.41, 5.74) is 2.02. The third kappa shape index (κ3) is 3.27. The van der Waals surface area contributed by atoms with Crippen molar-refractivity contribution in [1.29, 1.82) is 0 Å². The Kier molecular flexibility index (Phi) is 4.78. The number of aromatic nitrogens is 2. The Labute approximate surface area is 168 Å². The van der Waals surface area contributed by atoms with Crippen LogP contribution in [0.15, 0.2) is 64.0 Å². The highest BCUT2D eigenvalue weighted by Gasteiger charge is 2.38. The first-order chi connectivity index (χ1) is 12.6. The van der Waals surface area contributed by atoms with Crippen LogP contribution in [0.4, 0.5) is 5.69 Å². The first kappa shape index (κ1) is 17.6. The third-order valence-corrected chi connectivity index (χ3v) is 5.80. The lowest BCUT2D eigenvalue weighted by molar-refractivity contribution is 0.800. The summed E-state index contributed by atoms with van der Waals surface area (Å²) >= 11 is 15.8. The molecule has 1 aliphatic carbocycles. The second-order valence-corrected chi connectivity index (χ2v) is 7.77. The molecular formula is C19H14BrCl2N3O. The molecule has 0 aliphatic heterocycles. The summed E-state index contributed by atoms with van der Waals surface area (Å²) in [7, 11) is 0. The number of anilines is 1. The van der Waals surface area contributed by atoms with Crippen LogP contribution in [-0.2, 0) is 0 Å². The molecule has 1 fully saturated rings. The fourth-order valence-corrected chi connectivity index (χ4v) is 3.95. The van der Waals surface area contributed by atoms with Gasteiger partial charge in [0.2, 0.25) is 0 Å². The minimum Gasteiger partial charge on any atom is -0.379 e. The van der Waals surface area contributed by atoms with Gasteiger partial charge in [0, 0.05) is 12.0 Å². The molecule has 1 heterocycles. The molecule has 2 aromatic carbocycles. The highest BCUT2D eigenvalue weighted by molar-refractivity contribution is 9.10. The van der Waals surface area contributed by atoms with Crippen molar-refractivity contribution in [3.05, 3.63) is 85.2 Å². The standard InChI is InChI=1S/C19H14BrCl2N3O/c20-17-16(24-15-9-12(15)11-5-2-1-3-6-11)10-23-25(19(17)26)18-13(21)7-4-8-14(18)22/h1-8,10,12,15,24H,9H2/t12-,15+/m0/s1. The molecule has 1 aliphatic rings. The van der Waals surface area contributed by atoms with Crippen molar-refractivity contribution in [2.24, 2.45) is 0 Å². The Morgan fingerprint density at radius 2 is 1.77 bits per heavy atom. The van der Waals surface area contributed by atoms with Gasteiger partial charge in [0.05, 0.1) is 21.9 Å². The van der Waals surface area contributed by atoms with Crippen molar-refractivity contribution in [1.82, 2.24) is 9.78 Å². The van der Waals surface area contributed by atoms with Crippen molar-refractivity contribution in [2.45, 2.75) is 18.4 Å². The van der Waals surface area contributed by atoms with E-state index in [2.05, 4.69) is 38.5 Å². The molecule has 7 heteroatoms. The topological polar surface area (TPSA) is 46.9 Å². The number of para-hydroxylation sites is 1. The number of nitrogens with one attached hydrogen (secondary N) is 1. The predicted octanol–water partition coefficient (Wildman–Crippen LogP) is 5.27. The molecule has 0 radical (unpaired) electrons. The summed E-state index contributed by atoms with van der Waals surface area (Å²) in [5, 5.41) is 8.38. The largest absolute Gasteiger partial charge is 0.379 e. The molecule has 26 heavy (non-hydrogen) atoms. The van der Waals surface area contributed by atoms with E-state index in [0.29, 0.717) is 31.8 Å². The molecular weight excluding hydrogens is 437 g/mol. The average molecular weight is 451 g/mol. The molecule has 3 aromatic rings. The Morgan fingerprint density at radius 1 is 1.08 bits per heavy atom. The molecule has 1 aromatic heterocycles. The molecule has 0 bridgehead atoms. The number of nitrogens with zero attached hydrogens (tertiary/aromatic N) is 2. The van der Waals surface area contributed by atoms with Gasteiger partial charge < -0.3 is 5.32 Å². The van der Waals surface area contributed by atoms with Gasteiger partial charge in [-0.2, -0.15) is 9.78 Å². The SMILES string of the molecule is O=c1c(Br)c(N[C@@H]2C[C@H]2c2ccccc2)cnn1-c1c(Cl)cccc1Cl. The van der Waals surface area contributed by atoms with Gasteiger partial charge in [0.15, 0.2) is 0 Å². The van der Waals surface area contributed by atoms with Crippen LogP contribution in [0, 0.1) is 0 Å². The molecule has 1 saturated carbocycles.